The lowest BCUT2D eigenvalue weighted by Gasteiger charge is -2.19. The molecule has 0 aromatic carbocycles. The molecule has 1 aromatic rings. The smallest absolute Gasteiger partial charge is 0.326 e. The molecule has 126 valence electrons. The quantitative estimate of drug-likeness (QED) is 0.284. The highest BCUT2D eigenvalue weighted by Gasteiger charge is 2.27. The average molecular weight is 328 g/mol. The Labute approximate surface area is 129 Å². The van der Waals surface area contributed by atoms with Crippen molar-refractivity contribution in [3.63, 3.8) is 0 Å². The van der Waals surface area contributed by atoms with E-state index in [1.54, 1.807) is 0 Å². The number of aliphatic carboxylic acids is 3. The second-order valence-corrected chi connectivity index (χ2v) is 4.61. The Hall–Kier alpha value is -2.95. The first-order chi connectivity index (χ1) is 10.8. The zero-order chi connectivity index (χ0) is 17.4. The molecule has 1 aromatic heterocycles. The molecule has 2 atom stereocenters. The van der Waals surface area contributed by atoms with Crippen LogP contribution in [0.4, 0.5) is 0 Å². The number of imidazole rings is 1. The van der Waals surface area contributed by atoms with Gasteiger partial charge in [-0.25, -0.2) is 9.78 Å². The third kappa shape index (κ3) is 6.56. The van der Waals surface area contributed by atoms with Crippen LogP contribution >= 0.6 is 0 Å². The van der Waals surface area contributed by atoms with Crippen LogP contribution in [0.15, 0.2) is 12.5 Å². The largest absolute Gasteiger partial charge is 0.481 e. The maximum atomic E-state index is 12.1. The Bertz CT molecular complexity index is 572. The lowest BCUT2D eigenvalue weighted by atomic mass is 10.1. The number of aromatic amines is 1. The molecule has 0 saturated carbocycles. The van der Waals surface area contributed by atoms with Crippen LogP contribution in [0.3, 0.4) is 0 Å². The molecule has 6 N–H and O–H groups in total. The number of rotatable bonds is 10. The van der Waals surface area contributed by atoms with Gasteiger partial charge in [-0.2, -0.15) is 0 Å². The molecule has 0 unspecified atom stereocenters. The SMILES string of the molecule is O=C(O)CN[C@@H](Cc1cnc[nH]1)C(=O)N[C@@H](CC(=O)O)C(=O)O. The fraction of sp³-hybridized carbons (Fsp3) is 0.417. The van der Waals surface area contributed by atoms with Crippen LogP contribution in [0.2, 0.25) is 0 Å². The van der Waals surface area contributed by atoms with Crippen LogP contribution in [0.25, 0.3) is 0 Å². The molecule has 1 amide bonds. The molecule has 0 aliphatic carbocycles. The van der Waals surface area contributed by atoms with E-state index >= 15 is 0 Å². The van der Waals surface area contributed by atoms with Crippen LogP contribution in [0.1, 0.15) is 12.1 Å². The van der Waals surface area contributed by atoms with Gasteiger partial charge in [0, 0.05) is 18.3 Å². The number of aromatic nitrogens is 2. The molecule has 0 bridgehead atoms. The standard InChI is InChI=1S/C12H16N4O7/c17-9(18)2-8(12(22)23)16-11(21)7(14-4-10(19)20)1-6-3-13-5-15-6/h3,5,7-8,14H,1-2,4H2,(H,13,15)(H,16,21)(H,17,18)(H,19,20)(H,22,23)/t7-,8-/m0/s1. The van der Waals surface area contributed by atoms with Crippen LogP contribution in [0.5, 0.6) is 0 Å². The van der Waals surface area contributed by atoms with E-state index < -0.39 is 48.9 Å². The molecular formula is C12H16N4O7. The average Bonchev–Trinajstić information content (AvgIpc) is 2.94. The number of carboxylic acids is 3. The molecular weight excluding hydrogens is 312 g/mol. The monoisotopic (exact) mass is 328 g/mol. The van der Waals surface area contributed by atoms with Crippen LogP contribution in [-0.4, -0.2) is 67.7 Å². The van der Waals surface area contributed by atoms with Crippen molar-refractivity contribution in [2.45, 2.75) is 24.9 Å². The van der Waals surface area contributed by atoms with E-state index in [9.17, 15) is 19.2 Å². The van der Waals surface area contributed by atoms with Crippen LogP contribution in [0, 0.1) is 0 Å². The van der Waals surface area contributed by atoms with E-state index in [1.807, 2.05) is 0 Å². The summed E-state index contributed by atoms with van der Waals surface area (Å²) in [6.07, 6.45) is 2.02. The van der Waals surface area contributed by atoms with Crippen molar-refractivity contribution in [2.24, 2.45) is 0 Å². The maximum Gasteiger partial charge on any atom is 0.326 e. The highest BCUT2D eigenvalue weighted by atomic mass is 16.4. The van der Waals surface area contributed by atoms with E-state index in [2.05, 4.69) is 20.6 Å². The zero-order valence-corrected chi connectivity index (χ0v) is 11.9. The summed E-state index contributed by atoms with van der Waals surface area (Å²) >= 11 is 0. The summed E-state index contributed by atoms with van der Waals surface area (Å²) in [6, 6.07) is -2.68. The Morgan fingerprint density at radius 1 is 1.13 bits per heavy atom. The van der Waals surface area contributed by atoms with Crippen LogP contribution < -0.4 is 10.6 Å². The predicted octanol–water partition coefficient (Wildman–Crippen LogP) is -1.96. The first-order valence-corrected chi connectivity index (χ1v) is 6.47. The minimum atomic E-state index is -1.61. The third-order valence-corrected chi connectivity index (χ3v) is 2.79. The maximum absolute atomic E-state index is 12.1. The minimum Gasteiger partial charge on any atom is -0.481 e. The van der Waals surface area contributed by atoms with Gasteiger partial charge in [-0.3, -0.25) is 19.7 Å². The summed E-state index contributed by atoms with van der Waals surface area (Å²) in [5.74, 6) is -4.91. The normalized spacial score (nSPS) is 13.0. The molecule has 1 heterocycles. The zero-order valence-electron chi connectivity index (χ0n) is 11.9. The van der Waals surface area contributed by atoms with Gasteiger partial charge in [0.15, 0.2) is 0 Å². The van der Waals surface area contributed by atoms with E-state index in [4.69, 9.17) is 15.3 Å². The van der Waals surface area contributed by atoms with E-state index in [0.717, 1.165) is 0 Å². The van der Waals surface area contributed by atoms with E-state index in [0.29, 0.717) is 5.69 Å². The van der Waals surface area contributed by atoms with Gasteiger partial charge in [-0.1, -0.05) is 0 Å². The summed E-state index contributed by atoms with van der Waals surface area (Å²) < 4.78 is 0. The second-order valence-electron chi connectivity index (χ2n) is 4.61. The van der Waals surface area contributed by atoms with E-state index in [-0.39, 0.29) is 6.42 Å². The molecule has 0 saturated heterocycles. The topological polar surface area (TPSA) is 182 Å². The predicted molar refractivity (Wildman–Crippen MR) is 73.5 cm³/mol. The van der Waals surface area contributed by atoms with Gasteiger partial charge < -0.3 is 25.6 Å². The Kier molecular flexibility index (Phi) is 6.68. The van der Waals surface area contributed by atoms with Crippen LogP contribution in [-0.2, 0) is 25.6 Å². The van der Waals surface area contributed by atoms with Gasteiger partial charge in [0.05, 0.1) is 25.3 Å². The Morgan fingerprint density at radius 3 is 2.30 bits per heavy atom. The highest BCUT2D eigenvalue weighted by molar-refractivity contribution is 5.89. The molecule has 11 heteroatoms. The summed E-state index contributed by atoms with van der Waals surface area (Å²) in [7, 11) is 0. The Morgan fingerprint density at radius 2 is 1.83 bits per heavy atom. The van der Waals surface area contributed by atoms with Gasteiger partial charge in [0.2, 0.25) is 5.91 Å². The number of nitrogens with one attached hydrogen (secondary N) is 3. The second kappa shape index (κ2) is 8.48. The number of carbonyl (C=O) groups is 4. The first-order valence-electron chi connectivity index (χ1n) is 6.47. The number of H-pyrrole nitrogens is 1. The molecule has 23 heavy (non-hydrogen) atoms. The molecule has 0 radical (unpaired) electrons. The van der Waals surface area contributed by atoms with Crippen molar-refractivity contribution in [3.8, 4) is 0 Å². The molecule has 0 spiro atoms. The van der Waals surface area contributed by atoms with Gasteiger partial charge >= 0.3 is 17.9 Å². The lowest BCUT2D eigenvalue weighted by molar-refractivity contribution is -0.147. The minimum absolute atomic E-state index is 0.0263. The third-order valence-electron chi connectivity index (χ3n) is 2.79. The summed E-state index contributed by atoms with van der Waals surface area (Å²) in [5.41, 5.74) is 0.521. The van der Waals surface area contributed by atoms with Crippen molar-refractivity contribution < 1.29 is 34.5 Å². The first kappa shape index (κ1) is 18.1. The van der Waals surface area contributed by atoms with Crippen molar-refractivity contribution in [1.29, 1.82) is 0 Å². The van der Waals surface area contributed by atoms with Crippen molar-refractivity contribution in [2.75, 3.05) is 6.54 Å². The molecule has 0 fully saturated rings. The van der Waals surface area contributed by atoms with Crippen molar-refractivity contribution in [3.05, 3.63) is 18.2 Å². The fourth-order valence-corrected chi connectivity index (χ4v) is 1.73. The molecule has 0 aliphatic rings. The van der Waals surface area contributed by atoms with Gasteiger partial charge in [-0.15, -0.1) is 0 Å². The number of carbonyl (C=O) groups excluding carboxylic acids is 1. The molecule has 1 rings (SSSR count). The summed E-state index contributed by atoms with van der Waals surface area (Å²) in [6.45, 7) is -0.525. The number of amides is 1. The molecule has 0 aliphatic heterocycles. The van der Waals surface area contributed by atoms with Crippen molar-refractivity contribution in [1.82, 2.24) is 20.6 Å². The number of carboxylic acid groups (broad SMARTS) is 3. The van der Waals surface area contributed by atoms with Crippen molar-refractivity contribution >= 4 is 23.8 Å². The van der Waals surface area contributed by atoms with E-state index in [1.165, 1.54) is 12.5 Å². The Balaban J connectivity index is 2.77. The van der Waals surface area contributed by atoms with Gasteiger partial charge in [0.1, 0.15) is 6.04 Å². The lowest BCUT2D eigenvalue weighted by Crippen LogP contribution is -2.52. The summed E-state index contributed by atoms with van der Waals surface area (Å²) in [5, 5.41) is 30.8. The molecule has 11 nitrogen and oxygen atoms in total. The fourth-order valence-electron chi connectivity index (χ4n) is 1.73. The highest BCUT2D eigenvalue weighted by Crippen LogP contribution is 2.01. The summed E-state index contributed by atoms with van der Waals surface area (Å²) in [4.78, 5) is 50.8. The number of nitrogens with zero attached hydrogens (tertiary/aromatic N) is 1. The number of hydrogen-bond acceptors (Lipinski definition) is 6. The van der Waals surface area contributed by atoms with Gasteiger partial charge in [0.25, 0.3) is 0 Å². The number of hydrogen-bond donors (Lipinski definition) is 6. The van der Waals surface area contributed by atoms with Gasteiger partial charge in [-0.05, 0) is 0 Å².